The van der Waals surface area contributed by atoms with Crippen LogP contribution in [-0.4, -0.2) is 21.3 Å². The maximum Gasteiger partial charge on any atom is 0.185 e. The molecule has 2 aromatic heterocycles. The third-order valence-corrected chi connectivity index (χ3v) is 1.59. The Morgan fingerprint density at radius 3 is 2.92 bits per heavy atom. The summed E-state index contributed by atoms with van der Waals surface area (Å²) in [6.07, 6.45) is 2.23. The number of furan rings is 1. The fourth-order valence-electron chi connectivity index (χ4n) is 1.01. The second-order valence-electron chi connectivity index (χ2n) is 2.54. The Morgan fingerprint density at radius 1 is 1.54 bits per heavy atom. The van der Waals surface area contributed by atoms with E-state index in [1.165, 1.54) is 4.80 Å². The molecule has 0 aliphatic heterocycles. The average Bonchev–Trinajstić information content (AvgIpc) is 2.71. The van der Waals surface area contributed by atoms with Crippen molar-refractivity contribution in [3.63, 3.8) is 0 Å². The van der Waals surface area contributed by atoms with Crippen LogP contribution in [0.2, 0.25) is 0 Å². The Balaban J connectivity index is 2.40. The van der Waals surface area contributed by atoms with Crippen LogP contribution in [-0.2, 0) is 7.05 Å². The Bertz CT molecular complexity index is 430. The summed E-state index contributed by atoms with van der Waals surface area (Å²) < 4.78 is 5.15. The second kappa shape index (κ2) is 2.85. The molecular formula is C8H7N3O2. The standard InChI is InChI=1S/C8H7N3O2/c1-11-9-4-7(10-11)8-3-2-6(5-12)13-8/h2-5H,1H3. The predicted octanol–water partition coefficient (Wildman–Crippen LogP) is 0.888. The van der Waals surface area contributed by atoms with Gasteiger partial charge in [-0.15, -0.1) is 0 Å². The van der Waals surface area contributed by atoms with Crippen LogP contribution >= 0.6 is 0 Å². The van der Waals surface area contributed by atoms with E-state index in [1.807, 2.05) is 0 Å². The summed E-state index contributed by atoms with van der Waals surface area (Å²) in [6.45, 7) is 0. The molecule has 0 aliphatic carbocycles. The molecule has 0 atom stereocenters. The summed E-state index contributed by atoms with van der Waals surface area (Å²) in [6, 6.07) is 3.28. The largest absolute Gasteiger partial charge is 0.452 e. The van der Waals surface area contributed by atoms with Crippen LogP contribution in [0.25, 0.3) is 11.5 Å². The second-order valence-corrected chi connectivity index (χ2v) is 2.54. The summed E-state index contributed by atoms with van der Waals surface area (Å²) in [5.74, 6) is 0.843. The molecule has 0 unspecified atom stereocenters. The molecule has 2 aromatic rings. The summed E-state index contributed by atoms with van der Waals surface area (Å²) in [5.41, 5.74) is 0.621. The van der Waals surface area contributed by atoms with Crippen molar-refractivity contribution in [2.45, 2.75) is 0 Å². The monoisotopic (exact) mass is 177 g/mol. The zero-order valence-corrected chi connectivity index (χ0v) is 6.97. The fourth-order valence-corrected chi connectivity index (χ4v) is 1.01. The molecule has 0 saturated heterocycles. The highest BCUT2D eigenvalue weighted by Crippen LogP contribution is 2.17. The normalized spacial score (nSPS) is 10.2. The maximum atomic E-state index is 10.3. The van der Waals surface area contributed by atoms with Crippen molar-refractivity contribution in [3.8, 4) is 11.5 Å². The van der Waals surface area contributed by atoms with Crippen molar-refractivity contribution in [2.75, 3.05) is 0 Å². The van der Waals surface area contributed by atoms with Crippen molar-refractivity contribution < 1.29 is 9.21 Å². The molecular weight excluding hydrogens is 170 g/mol. The van der Waals surface area contributed by atoms with Gasteiger partial charge in [-0.1, -0.05) is 0 Å². The average molecular weight is 177 g/mol. The molecule has 5 heteroatoms. The topological polar surface area (TPSA) is 60.9 Å². The smallest absolute Gasteiger partial charge is 0.185 e. The summed E-state index contributed by atoms with van der Waals surface area (Å²) >= 11 is 0. The van der Waals surface area contributed by atoms with Gasteiger partial charge in [0.05, 0.1) is 6.20 Å². The van der Waals surface area contributed by atoms with E-state index in [9.17, 15) is 4.79 Å². The molecule has 0 radical (unpaired) electrons. The highest BCUT2D eigenvalue weighted by Gasteiger charge is 2.06. The first kappa shape index (κ1) is 7.72. The van der Waals surface area contributed by atoms with Crippen molar-refractivity contribution >= 4 is 6.29 Å². The first-order valence-corrected chi connectivity index (χ1v) is 3.71. The third kappa shape index (κ3) is 1.35. The summed E-state index contributed by atoms with van der Waals surface area (Å²) in [4.78, 5) is 11.8. The quantitative estimate of drug-likeness (QED) is 0.639. The van der Waals surface area contributed by atoms with Crippen LogP contribution in [0, 0.1) is 0 Å². The van der Waals surface area contributed by atoms with E-state index in [1.54, 1.807) is 25.4 Å². The third-order valence-electron chi connectivity index (χ3n) is 1.59. The first-order valence-electron chi connectivity index (χ1n) is 3.71. The van der Waals surface area contributed by atoms with Gasteiger partial charge in [0.1, 0.15) is 5.69 Å². The number of aromatic nitrogens is 3. The number of hydrogen-bond donors (Lipinski definition) is 0. The van der Waals surface area contributed by atoms with Gasteiger partial charge in [-0.2, -0.15) is 15.0 Å². The van der Waals surface area contributed by atoms with Crippen LogP contribution in [0.1, 0.15) is 10.6 Å². The molecule has 2 heterocycles. The molecule has 66 valence electrons. The van der Waals surface area contributed by atoms with Crippen LogP contribution in [0.15, 0.2) is 22.7 Å². The minimum atomic E-state index is 0.292. The fraction of sp³-hybridized carbons (Fsp3) is 0.125. The van der Waals surface area contributed by atoms with Crippen LogP contribution in [0.3, 0.4) is 0 Å². The van der Waals surface area contributed by atoms with E-state index in [2.05, 4.69) is 10.2 Å². The van der Waals surface area contributed by atoms with Crippen molar-refractivity contribution in [1.82, 2.24) is 15.0 Å². The van der Waals surface area contributed by atoms with Crippen LogP contribution < -0.4 is 0 Å². The SMILES string of the molecule is Cn1ncc(-c2ccc(C=O)o2)n1. The molecule has 0 bridgehead atoms. The molecule has 0 aliphatic rings. The van der Waals surface area contributed by atoms with Crippen LogP contribution in [0.4, 0.5) is 0 Å². The number of aldehydes is 1. The molecule has 0 aromatic carbocycles. The van der Waals surface area contributed by atoms with Crippen molar-refractivity contribution in [1.29, 1.82) is 0 Å². The lowest BCUT2D eigenvalue weighted by molar-refractivity contribution is 0.110. The van der Waals surface area contributed by atoms with Gasteiger partial charge < -0.3 is 4.42 Å². The maximum absolute atomic E-state index is 10.3. The van der Waals surface area contributed by atoms with E-state index in [0.29, 0.717) is 23.5 Å². The van der Waals surface area contributed by atoms with Gasteiger partial charge in [0, 0.05) is 7.05 Å². The lowest BCUT2D eigenvalue weighted by Crippen LogP contribution is -1.91. The molecule has 5 nitrogen and oxygen atoms in total. The zero-order chi connectivity index (χ0) is 9.26. The Kier molecular flexibility index (Phi) is 1.70. The number of aryl methyl sites for hydroxylation is 1. The van der Waals surface area contributed by atoms with Gasteiger partial charge in [-0.25, -0.2) is 0 Å². The van der Waals surface area contributed by atoms with Crippen LogP contribution in [0.5, 0.6) is 0 Å². The Labute approximate surface area is 74.0 Å². The van der Waals surface area contributed by atoms with Crippen molar-refractivity contribution in [3.05, 3.63) is 24.1 Å². The van der Waals surface area contributed by atoms with E-state index >= 15 is 0 Å². The van der Waals surface area contributed by atoms with E-state index < -0.39 is 0 Å². The number of rotatable bonds is 2. The summed E-state index contributed by atoms with van der Waals surface area (Å²) in [7, 11) is 1.72. The molecule has 0 N–H and O–H groups in total. The number of carbonyl (C=O) groups excluding carboxylic acids is 1. The van der Waals surface area contributed by atoms with Crippen molar-refractivity contribution in [2.24, 2.45) is 7.05 Å². The minimum absolute atomic E-state index is 0.292. The Morgan fingerprint density at radius 2 is 2.38 bits per heavy atom. The molecule has 0 amide bonds. The zero-order valence-electron chi connectivity index (χ0n) is 6.97. The van der Waals surface area contributed by atoms with Gasteiger partial charge in [0.15, 0.2) is 17.8 Å². The number of nitrogens with zero attached hydrogens (tertiary/aromatic N) is 3. The van der Waals surface area contributed by atoms with Gasteiger partial charge in [0.25, 0.3) is 0 Å². The summed E-state index contributed by atoms with van der Waals surface area (Å²) in [5, 5.41) is 7.91. The highest BCUT2D eigenvalue weighted by atomic mass is 16.3. The Hall–Kier alpha value is -1.91. The molecule has 2 rings (SSSR count). The lowest BCUT2D eigenvalue weighted by Gasteiger charge is -1.86. The molecule has 13 heavy (non-hydrogen) atoms. The van der Waals surface area contributed by atoms with E-state index in [-0.39, 0.29) is 0 Å². The van der Waals surface area contributed by atoms with E-state index in [0.717, 1.165) is 0 Å². The molecule has 0 saturated carbocycles. The van der Waals surface area contributed by atoms with Gasteiger partial charge in [0.2, 0.25) is 0 Å². The molecule has 0 spiro atoms. The first-order chi connectivity index (χ1) is 6.29. The minimum Gasteiger partial charge on any atom is -0.452 e. The predicted molar refractivity (Wildman–Crippen MR) is 44.1 cm³/mol. The van der Waals surface area contributed by atoms with Gasteiger partial charge in [-0.3, -0.25) is 4.79 Å². The number of hydrogen-bond acceptors (Lipinski definition) is 4. The van der Waals surface area contributed by atoms with Gasteiger partial charge in [-0.05, 0) is 12.1 Å². The lowest BCUT2D eigenvalue weighted by atomic mass is 10.3. The number of carbonyl (C=O) groups is 1. The molecule has 0 fully saturated rings. The highest BCUT2D eigenvalue weighted by molar-refractivity contribution is 5.72. The van der Waals surface area contributed by atoms with Gasteiger partial charge >= 0.3 is 0 Å². The van der Waals surface area contributed by atoms with E-state index in [4.69, 9.17) is 4.42 Å².